The molecule has 1 aromatic carbocycles. The first-order chi connectivity index (χ1) is 8.37. The van der Waals surface area contributed by atoms with Crippen molar-refractivity contribution in [1.82, 2.24) is 4.90 Å². The third-order valence-corrected chi connectivity index (χ3v) is 3.08. The summed E-state index contributed by atoms with van der Waals surface area (Å²) in [5.41, 5.74) is 5.98. The summed E-state index contributed by atoms with van der Waals surface area (Å²) in [5.74, 6) is 0.0482. The van der Waals surface area contributed by atoms with Gasteiger partial charge < -0.3 is 20.8 Å². The molecule has 0 unspecified atom stereocenters. The molecule has 1 saturated heterocycles. The number of carbonyl (C=O) groups is 1. The third-order valence-electron chi connectivity index (χ3n) is 3.08. The zero-order valence-electron chi connectivity index (χ0n) is 10.3. The van der Waals surface area contributed by atoms with E-state index in [-0.39, 0.29) is 11.7 Å². The number of nitrogens with zero attached hydrogens (tertiary/aromatic N) is 1. The molecule has 1 atom stereocenters. The maximum absolute atomic E-state index is 11.9. The van der Waals surface area contributed by atoms with E-state index in [1.807, 2.05) is 0 Å². The van der Waals surface area contributed by atoms with E-state index in [0.29, 0.717) is 19.5 Å². The molecule has 1 fully saturated rings. The van der Waals surface area contributed by atoms with E-state index in [1.54, 1.807) is 36.1 Å². The third kappa shape index (κ3) is 2.80. The number of carbonyl (C=O) groups excluding carboxylic acids is 1. The smallest absolute Gasteiger partial charge is 0.240 e. The average Bonchev–Trinajstić information content (AvgIpc) is 2.28. The van der Waals surface area contributed by atoms with Gasteiger partial charge in [-0.25, -0.2) is 0 Å². The minimum atomic E-state index is -0.770. The van der Waals surface area contributed by atoms with E-state index in [4.69, 9.17) is 10.8 Å². The van der Waals surface area contributed by atoms with E-state index in [0.717, 1.165) is 5.56 Å². The summed E-state index contributed by atoms with van der Waals surface area (Å²) in [5, 5.41) is 18.7. The number of β-amino-alcohol motifs (C(OH)–C–C–N with tert-alkyl or cyclic N) is 1. The van der Waals surface area contributed by atoms with E-state index in [9.17, 15) is 9.90 Å². The molecule has 18 heavy (non-hydrogen) atoms. The molecule has 0 radical (unpaired) electrons. The molecule has 0 aromatic heterocycles. The van der Waals surface area contributed by atoms with Crippen molar-refractivity contribution in [2.75, 3.05) is 13.1 Å². The standard InChI is InChI=1S/C13H18N2O3/c1-13(18)7-15(8-13)12(17)11(14)6-9-2-4-10(16)5-3-9/h2-5,11,16,18H,6-8,14H2,1H3/t11-/m0/s1. The molecule has 0 aliphatic carbocycles. The Balaban J connectivity index is 1.90. The van der Waals surface area contributed by atoms with Gasteiger partial charge in [-0.2, -0.15) is 0 Å². The molecule has 1 aromatic rings. The van der Waals surface area contributed by atoms with E-state index < -0.39 is 11.6 Å². The number of benzene rings is 1. The Morgan fingerprint density at radius 2 is 2.00 bits per heavy atom. The molecule has 5 nitrogen and oxygen atoms in total. The van der Waals surface area contributed by atoms with E-state index in [1.165, 1.54) is 0 Å². The lowest BCUT2D eigenvalue weighted by molar-refractivity contribution is -0.153. The normalized spacial score (nSPS) is 19.2. The minimum Gasteiger partial charge on any atom is -0.508 e. The van der Waals surface area contributed by atoms with Crippen LogP contribution in [0.2, 0.25) is 0 Å². The largest absolute Gasteiger partial charge is 0.508 e. The minimum absolute atomic E-state index is 0.144. The Kier molecular flexibility index (Phi) is 3.28. The van der Waals surface area contributed by atoms with Crippen LogP contribution in [0.4, 0.5) is 0 Å². The second kappa shape index (κ2) is 4.59. The summed E-state index contributed by atoms with van der Waals surface area (Å²) in [6, 6.07) is 6.02. The van der Waals surface area contributed by atoms with Crippen molar-refractivity contribution in [3.05, 3.63) is 29.8 Å². The summed E-state index contributed by atoms with van der Waals surface area (Å²) in [7, 11) is 0. The highest BCUT2D eigenvalue weighted by atomic mass is 16.3. The average molecular weight is 250 g/mol. The number of aromatic hydroxyl groups is 1. The number of likely N-dealkylation sites (tertiary alicyclic amines) is 1. The van der Waals surface area contributed by atoms with Gasteiger partial charge >= 0.3 is 0 Å². The van der Waals surface area contributed by atoms with Crippen LogP contribution in [-0.2, 0) is 11.2 Å². The molecule has 1 heterocycles. The van der Waals surface area contributed by atoms with Crippen LogP contribution >= 0.6 is 0 Å². The van der Waals surface area contributed by atoms with Crippen molar-refractivity contribution in [3.63, 3.8) is 0 Å². The second-order valence-electron chi connectivity index (χ2n) is 5.17. The lowest BCUT2D eigenvalue weighted by Gasteiger charge is -2.45. The molecule has 98 valence electrons. The van der Waals surface area contributed by atoms with Gasteiger partial charge in [0.1, 0.15) is 5.75 Å². The summed E-state index contributed by atoms with van der Waals surface area (Å²) >= 11 is 0. The van der Waals surface area contributed by atoms with Crippen LogP contribution in [0.5, 0.6) is 5.75 Å². The number of phenolic OH excluding ortho intramolecular Hbond substituents is 1. The van der Waals surface area contributed by atoms with Crippen LogP contribution in [0.3, 0.4) is 0 Å². The van der Waals surface area contributed by atoms with Gasteiger partial charge in [0.2, 0.25) is 5.91 Å². The first-order valence-electron chi connectivity index (χ1n) is 5.92. The fourth-order valence-corrected chi connectivity index (χ4v) is 2.14. The summed E-state index contributed by atoms with van der Waals surface area (Å²) < 4.78 is 0. The maximum atomic E-state index is 11.9. The van der Waals surface area contributed by atoms with Crippen molar-refractivity contribution in [3.8, 4) is 5.75 Å². The number of amides is 1. The predicted molar refractivity (Wildman–Crippen MR) is 67.0 cm³/mol. The van der Waals surface area contributed by atoms with Gasteiger partial charge in [0.15, 0.2) is 0 Å². The molecule has 1 aliphatic heterocycles. The SMILES string of the molecule is CC1(O)CN(C(=O)[C@@H](N)Cc2ccc(O)cc2)C1. The van der Waals surface area contributed by atoms with Crippen LogP contribution in [0, 0.1) is 0 Å². The fourth-order valence-electron chi connectivity index (χ4n) is 2.14. The molecule has 5 heteroatoms. The zero-order chi connectivity index (χ0) is 13.3. The number of nitrogens with two attached hydrogens (primary N) is 1. The lowest BCUT2D eigenvalue weighted by atomic mass is 9.95. The van der Waals surface area contributed by atoms with Crippen molar-refractivity contribution in [1.29, 1.82) is 0 Å². The monoisotopic (exact) mass is 250 g/mol. The van der Waals surface area contributed by atoms with Crippen molar-refractivity contribution in [2.45, 2.75) is 25.0 Å². The quantitative estimate of drug-likeness (QED) is 0.696. The number of rotatable bonds is 3. The molecular formula is C13H18N2O3. The molecule has 4 N–H and O–H groups in total. The topological polar surface area (TPSA) is 86.8 Å². The van der Waals surface area contributed by atoms with Crippen LogP contribution in [0.1, 0.15) is 12.5 Å². The van der Waals surface area contributed by atoms with Gasteiger partial charge in [0.25, 0.3) is 0 Å². The first kappa shape index (κ1) is 12.9. The van der Waals surface area contributed by atoms with Crippen LogP contribution in [0.25, 0.3) is 0 Å². The van der Waals surface area contributed by atoms with E-state index in [2.05, 4.69) is 0 Å². The maximum Gasteiger partial charge on any atom is 0.240 e. The highest BCUT2D eigenvalue weighted by Crippen LogP contribution is 2.21. The summed E-state index contributed by atoms with van der Waals surface area (Å²) in [6.45, 7) is 2.38. The van der Waals surface area contributed by atoms with Gasteiger partial charge in [0.05, 0.1) is 24.7 Å². The van der Waals surface area contributed by atoms with Gasteiger partial charge in [-0.1, -0.05) is 12.1 Å². The zero-order valence-corrected chi connectivity index (χ0v) is 10.3. The molecule has 0 bridgehead atoms. The van der Waals surface area contributed by atoms with Crippen molar-refractivity contribution in [2.24, 2.45) is 5.73 Å². The molecule has 2 rings (SSSR count). The predicted octanol–water partition coefficient (Wildman–Crippen LogP) is -0.145. The summed E-state index contributed by atoms with van der Waals surface area (Å²) in [6.07, 6.45) is 0.428. The van der Waals surface area contributed by atoms with Crippen molar-refractivity contribution >= 4 is 5.91 Å². The van der Waals surface area contributed by atoms with Crippen LogP contribution in [-0.4, -0.2) is 45.8 Å². The fraction of sp³-hybridized carbons (Fsp3) is 0.462. The Hall–Kier alpha value is -1.59. The van der Waals surface area contributed by atoms with Gasteiger partial charge in [-0.3, -0.25) is 4.79 Å². The Bertz CT molecular complexity index is 434. The molecule has 0 spiro atoms. The molecule has 0 saturated carbocycles. The van der Waals surface area contributed by atoms with Crippen LogP contribution in [0.15, 0.2) is 24.3 Å². The Morgan fingerprint density at radius 3 is 2.50 bits per heavy atom. The lowest BCUT2D eigenvalue weighted by Crippen LogP contribution is -2.64. The Labute approximate surface area is 106 Å². The highest BCUT2D eigenvalue weighted by Gasteiger charge is 2.40. The number of hydrogen-bond acceptors (Lipinski definition) is 4. The van der Waals surface area contributed by atoms with Gasteiger partial charge in [-0.05, 0) is 31.0 Å². The van der Waals surface area contributed by atoms with Crippen LogP contribution < -0.4 is 5.73 Å². The van der Waals surface area contributed by atoms with E-state index >= 15 is 0 Å². The molecule has 1 aliphatic rings. The number of phenols is 1. The first-order valence-corrected chi connectivity index (χ1v) is 5.92. The molecular weight excluding hydrogens is 232 g/mol. The Morgan fingerprint density at radius 1 is 1.44 bits per heavy atom. The van der Waals surface area contributed by atoms with Gasteiger partial charge in [0, 0.05) is 0 Å². The summed E-state index contributed by atoms with van der Waals surface area (Å²) in [4.78, 5) is 13.5. The van der Waals surface area contributed by atoms with Crippen molar-refractivity contribution < 1.29 is 15.0 Å². The van der Waals surface area contributed by atoms with Gasteiger partial charge in [-0.15, -0.1) is 0 Å². The number of aliphatic hydroxyl groups is 1. The highest BCUT2D eigenvalue weighted by molar-refractivity contribution is 5.83. The number of hydrogen-bond donors (Lipinski definition) is 3. The second-order valence-corrected chi connectivity index (χ2v) is 5.17. The molecule has 1 amide bonds.